The second kappa shape index (κ2) is 8.33. The lowest BCUT2D eigenvalue weighted by molar-refractivity contribution is -0.132. The molecule has 0 spiro atoms. The lowest BCUT2D eigenvalue weighted by Gasteiger charge is -2.22. The predicted molar refractivity (Wildman–Crippen MR) is 72.4 cm³/mol. The third-order valence-electron chi connectivity index (χ3n) is 2.35. The number of H-pyrrole nitrogens is 1. The maximum atomic E-state index is 11.8. The summed E-state index contributed by atoms with van der Waals surface area (Å²) in [6.45, 7) is 4.39. The van der Waals surface area contributed by atoms with Crippen molar-refractivity contribution in [2.45, 2.75) is 26.4 Å². The number of nitrogens with two attached hydrogens (primary N) is 1. The molecule has 0 fully saturated rings. The number of halogens is 2. The van der Waals surface area contributed by atoms with Crippen LogP contribution in [0.1, 0.15) is 19.5 Å². The Morgan fingerprint density at radius 2 is 2.12 bits per heavy atom. The Morgan fingerprint density at radius 1 is 1.53 bits per heavy atom. The fraction of sp³-hybridized carbons (Fsp3) is 0.600. The molecule has 0 aromatic carbocycles. The number of carbonyl (C=O) groups excluding carboxylic acids is 1. The molecule has 7 heteroatoms. The molecule has 0 aliphatic rings. The van der Waals surface area contributed by atoms with E-state index in [1.54, 1.807) is 18.1 Å². The molecular weight excluding hydrogens is 263 g/mol. The van der Waals surface area contributed by atoms with Crippen molar-refractivity contribution in [3.63, 3.8) is 0 Å². The van der Waals surface area contributed by atoms with Crippen LogP contribution in [0.2, 0.25) is 0 Å². The van der Waals surface area contributed by atoms with Gasteiger partial charge in [0.1, 0.15) is 0 Å². The van der Waals surface area contributed by atoms with Gasteiger partial charge in [-0.3, -0.25) is 9.89 Å². The first-order valence-electron chi connectivity index (χ1n) is 5.01. The summed E-state index contributed by atoms with van der Waals surface area (Å²) in [5.41, 5.74) is 6.68. The van der Waals surface area contributed by atoms with Crippen LogP contribution in [-0.2, 0) is 11.3 Å². The Morgan fingerprint density at radius 3 is 2.53 bits per heavy atom. The normalized spacial score (nSPS) is 11.4. The summed E-state index contributed by atoms with van der Waals surface area (Å²) >= 11 is 0. The summed E-state index contributed by atoms with van der Waals surface area (Å²) in [6, 6.07) is 1.41. The predicted octanol–water partition coefficient (Wildman–Crippen LogP) is 1.19. The van der Waals surface area contributed by atoms with Crippen LogP contribution in [0.3, 0.4) is 0 Å². The van der Waals surface area contributed by atoms with Crippen LogP contribution in [0.15, 0.2) is 12.3 Å². The zero-order chi connectivity index (χ0) is 11.4. The molecule has 100 valence electrons. The van der Waals surface area contributed by atoms with Crippen LogP contribution in [0, 0.1) is 5.92 Å². The molecule has 1 heterocycles. The van der Waals surface area contributed by atoms with Gasteiger partial charge in [0.25, 0.3) is 0 Å². The third-order valence-corrected chi connectivity index (χ3v) is 2.35. The molecule has 1 atom stereocenters. The molecule has 0 aliphatic carbocycles. The fourth-order valence-corrected chi connectivity index (χ4v) is 1.25. The lowest BCUT2D eigenvalue weighted by Crippen LogP contribution is -2.44. The summed E-state index contributed by atoms with van der Waals surface area (Å²) < 4.78 is 0. The number of aromatic nitrogens is 2. The fourth-order valence-electron chi connectivity index (χ4n) is 1.25. The first-order valence-corrected chi connectivity index (χ1v) is 5.01. The van der Waals surface area contributed by atoms with Crippen molar-refractivity contribution in [3.05, 3.63) is 18.0 Å². The SMILES string of the molecule is CC(C)[C@H](N)C(=O)N(C)Cc1ccn[nH]1.Cl.Cl. The number of rotatable bonds is 4. The molecule has 0 bridgehead atoms. The molecule has 3 N–H and O–H groups in total. The smallest absolute Gasteiger partial charge is 0.239 e. The van der Waals surface area contributed by atoms with Gasteiger partial charge in [-0.1, -0.05) is 13.8 Å². The zero-order valence-corrected chi connectivity index (χ0v) is 11.8. The van der Waals surface area contributed by atoms with Gasteiger partial charge in [0.15, 0.2) is 0 Å². The standard InChI is InChI=1S/C10H18N4O.2ClH/c1-7(2)9(11)10(15)14(3)6-8-4-5-12-13-8;;/h4-5,7,9H,6,11H2,1-3H3,(H,12,13);2*1H/t9-;;/m0../s1. The van der Waals surface area contributed by atoms with E-state index >= 15 is 0 Å². The highest BCUT2D eigenvalue weighted by Crippen LogP contribution is 2.05. The van der Waals surface area contributed by atoms with Gasteiger partial charge in [-0.15, -0.1) is 24.8 Å². The minimum atomic E-state index is -0.432. The van der Waals surface area contributed by atoms with Gasteiger partial charge >= 0.3 is 0 Å². The average Bonchev–Trinajstić information content (AvgIpc) is 2.67. The zero-order valence-electron chi connectivity index (χ0n) is 10.2. The summed E-state index contributed by atoms with van der Waals surface area (Å²) in [7, 11) is 1.74. The third kappa shape index (κ3) is 5.39. The van der Waals surface area contributed by atoms with Crippen LogP contribution in [0.5, 0.6) is 0 Å². The van der Waals surface area contributed by atoms with E-state index in [-0.39, 0.29) is 36.6 Å². The van der Waals surface area contributed by atoms with E-state index < -0.39 is 6.04 Å². The van der Waals surface area contributed by atoms with E-state index in [2.05, 4.69) is 10.2 Å². The molecule has 1 rings (SSSR count). The van der Waals surface area contributed by atoms with E-state index in [9.17, 15) is 4.79 Å². The summed E-state index contributed by atoms with van der Waals surface area (Å²) in [6.07, 6.45) is 1.66. The molecule has 1 aromatic rings. The molecule has 0 saturated carbocycles. The number of nitrogens with one attached hydrogen (secondary N) is 1. The van der Waals surface area contributed by atoms with Crippen molar-refractivity contribution in [2.24, 2.45) is 11.7 Å². The summed E-state index contributed by atoms with van der Waals surface area (Å²) in [4.78, 5) is 13.4. The largest absolute Gasteiger partial charge is 0.339 e. The van der Waals surface area contributed by atoms with Gasteiger partial charge in [-0.05, 0) is 12.0 Å². The van der Waals surface area contributed by atoms with Gasteiger partial charge in [0.2, 0.25) is 5.91 Å². The maximum absolute atomic E-state index is 11.8. The number of carbonyl (C=O) groups is 1. The minimum absolute atomic E-state index is 0. The van der Waals surface area contributed by atoms with Crippen molar-refractivity contribution in [1.82, 2.24) is 15.1 Å². The number of hydrogen-bond acceptors (Lipinski definition) is 3. The molecule has 5 nitrogen and oxygen atoms in total. The van der Waals surface area contributed by atoms with E-state index in [4.69, 9.17) is 5.73 Å². The second-order valence-corrected chi connectivity index (χ2v) is 4.05. The molecule has 1 amide bonds. The van der Waals surface area contributed by atoms with E-state index in [1.165, 1.54) is 0 Å². The van der Waals surface area contributed by atoms with E-state index in [1.807, 2.05) is 19.9 Å². The lowest BCUT2D eigenvalue weighted by atomic mass is 10.0. The Bertz CT molecular complexity index is 316. The van der Waals surface area contributed by atoms with Crippen molar-refractivity contribution in [2.75, 3.05) is 7.05 Å². The Kier molecular flexibility index (Phi) is 9.11. The minimum Gasteiger partial charge on any atom is -0.339 e. The van der Waals surface area contributed by atoms with Gasteiger partial charge in [0.05, 0.1) is 18.3 Å². The highest BCUT2D eigenvalue weighted by molar-refractivity contribution is 5.85. The van der Waals surface area contributed by atoms with Crippen LogP contribution in [-0.4, -0.2) is 34.1 Å². The van der Waals surface area contributed by atoms with Gasteiger partial charge in [-0.25, -0.2) is 0 Å². The highest BCUT2D eigenvalue weighted by atomic mass is 35.5. The molecular formula is C10H20Cl2N4O. The second-order valence-electron chi connectivity index (χ2n) is 4.05. The molecule has 0 saturated heterocycles. The summed E-state index contributed by atoms with van der Waals surface area (Å²) in [5.74, 6) is 0.112. The van der Waals surface area contributed by atoms with Crippen LogP contribution in [0.25, 0.3) is 0 Å². The Labute approximate surface area is 114 Å². The molecule has 0 radical (unpaired) electrons. The Balaban J connectivity index is 0. The van der Waals surface area contributed by atoms with Crippen molar-refractivity contribution >= 4 is 30.7 Å². The van der Waals surface area contributed by atoms with Crippen molar-refractivity contribution < 1.29 is 4.79 Å². The van der Waals surface area contributed by atoms with Crippen LogP contribution >= 0.6 is 24.8 Å². The van der Waals surface area contributed by atoms with Crippen molar-refractivity contribution in [1.29, 1.82) is 0 Å². The quantitative estimate of drug-likeness (QED) is 0.871. The number of hydrogen-bond donors (Lipinski definition) is 2. The highest BCUT2D eigenvalue weighted by Gasteiger charge is 2.21. The topological polar surface area (TPSA) is 75.0 Å². The first-order chi connectivity index (χ1) is 7.02. The average molecular weight is 283 g/mol. The van der Waals surface area contributed by atoms with Crippen LogP contribution in [0.4, 0.5) is 0 Å². The first kappa shape index (κ1) is 18.6. The van der Waals surface area contributed by atoms with Gasteiger partial charge < -0.3 is 10.6 Å². The Hall–Kier alpha value is -0.780. The van der Waals surface area contributed by atoms with Crippen LogP contribution < -0.4 is 5.73 Å². The molecule has 0 aliphatic heterocycles. The molecule has 17 heavy (non-hydrogen) atoms. The maximum Gasteiger partial charge on any atom is 0.239 e. The van der Waals surface area contributed by atoms with E-state index in [0.29, 0.717) is 6.54 Å². The van der Waals surface area contributed by atoms with Gasteiger partial charge in [0, 0.05) is 13.2 Å². The number of amides is 1. The number of likely N-dealkylation sites (N-methyl/N-ethyl adjacent to an activating group) is 1. The van der Waals surface area contributed by atoms with Crippen molar-refractivity contribution in [3.8, 4) is 0 Å². The van der Waals surface area contributed by atoms with Gasteiger partial charge in [-0.2, -0.15) is 5.10 Å². The molecule has 1 aromatic heterocycles. The number of aromatic amines is 1. The monoisotopic (exact) mass is 282 g/mol. The number of nitrogens with zero attached hydrogens (tertiary/aromatic N) is 2. The summed E-state index contributed by atoms with van der Waals surface area (Å²) in [5, 5.41) is 6.63. The molecule has 0 unspecified atom stereocenters. The van der Waals surface area contributed by atoms with E-state index in [0.717, 1.165) is 5.69 Å².